The van der Waals surface area contributed by atoms with Crippen LogP contribution >= 0.6 is 0 Å². The Bertz CT molecular complexity index is 488. The van der Waals surface area contributed by atoms with Crippen molar-refractivity contribution in [1.29, 1.82) is 0 Å². The Morgan fingerprint density at radius 1 is 1.33 bits per heavy atom. The molecule has 0 fully saturated rings. The predicted octanol–water partition coefficient (Wildman–Crippen LogP) is 0.178. The highest BCUT2D eigenvalue weighted by atomic mass is 16.6. The van der Waals surface area contributed by atoms with Gasteiger partial charge in [-0.05, 0) is 13.3 Å². The van der Waals surface area contributed by atoms with Crippen LogP contribution in [-0.4, -0.2) is 53.9 Å². The molecule has 21 heavy (non-hydrogen) atoms. The van der Waals surface area contributed by atoms with Crippen LogP contribution in [0.3, 0.4) is 0 Å². The summed E-state index contributed by atoms with van der Waals surface area (Å²) < 4.78 is 15.8. The fraction of sp³-hybridized carbons (Fsp3) is 0.667. The third-order valence-electron chi connectivity index (χ3n) is 2.74. The van der Waals surface area contributed by atoms with Crippen LogP contribution in [0.15, 0.2) is 0 Å². The normalized spacial score (nSPS) is 12.0. The number of nitrogens with two attached hydrogens (primary N) is 1. The van der Waals surface area contributed by atoms with Crippen molar-refractivity contribution in [1.82, 2.24) is 15.0 Å². The number of aromatic nitrogens is 3. The number of esters is 2. The van der Waals surface area contributed by atoms with E-state index in [0.29, 0.717) is 19.6 Å². The molecule has 0 saturated heterocycles. The number of hydrogen-bond acceptors (Lipinski definition) is 8. The molecule has 1 heterocycles. The van der Waals surface area contributed by atoms with Crippen LogP contribution in [0, 0.1) is 0 Å². The van der Waals surface area contributed by atoms with E-state index in [-0.39, 0.29) is 18.1 Å². The molecule has 0 aromatic carbocycles. The molecule has 0 aliphatic heterocycles. The number of methoxy groups -OCH3 is 1. The van der Waals surface area contributed by atoms with Crippen molar-refractivity contribution in [3.63, 3.8) is 0 Å². The zero-order valence-corrected chi connectivity index (χ0v) is 12.4. The summed E-state index contributed by atoms with van der Waals surface area (Å²) in [6.07, 6.45) is 0.391. The highest BCUT2D eigenvalue weighted by Gasteiger charge is 2.27. The number of ether oxygens (including phenoxy) is 3. The van der Waals surface area contributed by atoms with Gasteiger partial charge in [0.05, 0.1) is 13.7 Å². The summed E-state index contributed by atoms with van der Waals surface area (Å²) in [5.74, 6) is -1.25. The SMILES string of the molecule is CCOCCOC(=O)C(CC)n1nnc(C(=O)OC)c1N. The van der Waals surface area contributed by atoms with Crippen LogP contribution in [0.4, 0.5) is 5.82 Å². The number of nitrogens with zero attached hydrogens (tertiary/aromatic N) is 3. The van der Waals surface area contributed by atoms with Crippen LogP contribution in [0.1, 0.15) is 36.8 Å². The third-order valence-corrected chi connectivity index (χ3v) is 2.74. The van der Waals surface area contributed by atoms with Gasteiger partial charge < -0.3 is 19.9 Å². The molecule has 0 aliphatic carbocycles. The maximum absolute atomic E-state index is 12.0. The Labute approximate surface area is 122 Å². The Morgan fingerprint density at radius 3 is 2.62 bits per heavy atom. The van der Waals surface area contributed by atoms with Crippen molar-refractivity contribution in [3.05, 3.63) is 5.69 Å². The molecule has 1 atom stereocenters. The molecule has 9 nitrogen and oxygen atoms in total. The van der Waals surface area contributed by atoms with E-state index in [1.165, 1.54) is 7.11 Å². The van der Waals surface area contributed by atoms with E-state index in [4.69, 9.17) is 15.2 Å². The number of anilines is 1. The lowest BCUT2D eigenvalue weighted by Crippen LogP contribution is -2.25. The van der Waals surface area contributed by atoms with Crippen molar-refractivity contribution in [3.8, 4) is 0 Å². The molecular formula is C12H20N4O5. The third kappa shape index (κ3) is 4.15. The molecule has 0 radical (unpaired) electrons. The number of hydrogen-bond donors (Lipinski definition) is 1. The van der Waals surface area contributed by atoms with Gasteiger partial charge in [-0.2, -0.15) is 0 Å². The van der Waals surface area contributed by atoms with Crippen molar-refractivity contribution >= 4 is 17.8 Å². The Kier molecular flexibility index (Phi) is 6.60. The first-order valence-corrected chi connectivity index (χ1v) is 6.60. The van der Waals surface area contributed by atoms with Gasteiger partial charge in [-0.15, -0.1) is 5.10 Å². The van der Waals surface area contributed by atoms with Crippen molar-refractivity contribution in [2.24, 2.45) is 0 Å². The second-order valence-electron chi connectivity index (χ2n) is 4.05. The summed E-state index contributed by atoms with van der Waals surface area (Å²) >= 11 is 0. The van der Waals surface area contributed by atoms with E-state index in [0.717, 1.165) is 4.68 Å². The lowest BCUT2D eigenvalue weighted by atomic mass is 10.2. The summed E-state index contributed by atoms with van der Waals surface area (Å²) in [5.41, 5.74) is 5.65. The molecule has 0 aliphatic rings. The minimum absolute atomic E-state index is 0.0320. The largest absolute Gasteiger partial charge is 0.464 e. The number of carbonyl (C=O) groups excluding carboxylic acids is 2. The summed E-state index contributed by atoms with van der Waals surface area (Å²) in [6, 6.07) is -0.752. The van der Waals surface area contributed by atoms with E-state index in [1.54, 1.807) is 6.92 Å². The molecule has 118 valence electrons. The first-order chi connectivity index (χ1) is 10.1. The van der Waals surface area contributed by atoms with Gasteiger partial charge >= 0.3 is 11.9 Å². The summed E-state index contributed by atoms with van der Waals surface area (Å²) in [6.45, 7) is 4.63. The fourth-order valence-electron chi connectivity index (χ4n) is 1.65. The van der Waals surface area contributed by atoms with Crippen LogP contribution < -0.4 is 5.73 Å². The first kappa shape index (κ1) is 16.9. The van der Waals surface area contributed by atoms with E-state index in [9.17, 15) is 9.59 Å². The highest BCUT2D eigenvalue weighted by molar-refractivity contribution is 5.92. The Balaban J connectivity index is 2.78. The van der Waals surface area contributed by atoms with E-state index < -0.39 is 18.0 Å². The second kappa shape index (κ2) is 8.20. The zero-order valence-electron chi connectivity index (χ0n) is 12.4. The van der Waals surface area contributed by atoms with Gasteiger partial charge in [0, 0.05) is 6.61 Å². The Morgan fingerprint density at radius 2 is 2.05 bits per heavy atom. The summed E-state index contributed by atoms with van der Waals surface area (Å²) in [7, 11) is 1.21. The maximum Gasteiger partial charge on any atom is 0.362 e. The van der Waals surface area contributed by atoms with Gasteiger partial charge in [0.2, 0.25) is 5.69 Å². The van der Waals surface area contributed by atoms with Gasteiger partial charge in [-0.1, -0.05) is 12.1 Å². The molecule has 1 aromatic rings. The Hall–Kier alpha value is -2.16. The van der Waals surface area contributed by atoms with Crippen LogP contribution in [-0.2, 0) is 19.0 Å². The van der Waals surface area contributed by atoms with E-state index >= 15 is 0 Å². The minimum Gasteiger partial charge on any atom is -0.464 e. The van der Waals surface area contributed by atoms with Crippen LogP contribution in [0.25, 0.3) is 0 Å². The van der Waals surface area contributed by atoms with Crippen molar-refractivity contribution in [2.75, 3.05) is 32.7 Å². The monoisotopic (exact) mass is 300 g/mol. The molecule has 1 unspecified atom stereocenters. The van der Waals surface area contributed by atoms with Crippen LogP contribution in [0.5, 0.6) is 0 Å². The first-order valence-electron chi connectivity index (χ1n) is 6.60. The molecule has 0 amide bonds. The molecule has 0 spiro atoms. The molecule has 0 bridgehead atoms. The van der Waals surface area contributed by atoms with E-state index in [2.05, 4.69) is 15.0 Å². The molecule has 1 aromatic heterocycles. The highest BCUT2D eigenvalue weighted by Crippen LogP contribution is 2.19. The molecular weight excluding hydrogens is 280 g/mol. The van der Waals surface area contributed by atoms with E-state index in [1.807, 2.05) is 6.92 Å². The summed E-state index contributed by atoms with van der Waals surface area (Å²) in [4.78, 5) is 23.4. The lowest BCUT2D eigenvalue weighted by molar-refractivity contribution is -0.149. The quantitative estimate of drug-likeness (QED) is 0.533. The molecule has 1 rings (SSSR count). The topological polar surface area (TPSA) is 119 Å². The van der Waals surface area contributed by atoms with Crippen molar-refractivity contribution in [2.45, 2.75) is 26.3 Å². The number of nitrogen functional groups attached to an aromatic ring is 1. The van der Waals surface area contributed by atoms with Gasteiger partial charge in [-0.25, -0.2) is 14.3 Å². The van der Waals surface area contributed by atoms with Gasteiger partial charge in [0.15, 0.2) is 11.9 Å². The second-order valence-corrected chi connectivity index (χ2v) is 4.05. The predicted molar refractivity (Wildman–Crippen MR) is 72.6 cm³/mol. The summed E-state index contributed by atoms with van der Waals surface area (Å²) in [5, 5.41) is 7.36. The van der Waals surface area contributed by atoms with Gasteiger partial charge in [0.1, 0.15) is 6.61 Å². The standard InChI is InChI=1S/C12H20N4O5/c1-4-8(11(17)21-7-6-20-5-2)16-10(13)9(14-15-16)12(18)19-3/h8H,4-7,13H2,1-3H3. The van der Waals surface area contributed by atoms with Crippen LogP contribution in [0.2, 0.25) is 0 Å². The molecule has 0 saturated carbocycles. The molecule has 2 N–H and O–H groups in total. The van der Waals surface area contributed by atoms with Crippen molar-refractivity contribution < 1.29 is 23.8 Å². The fourth-order valence-corrected chi connectivity index (χ4v) is 1.65. The smallest absolute Gasteiger partial charge is 0.362 e. The zero-order chi connectivity index (χ0) is 15.8. The average Bonchev–Trinajstić information content (AvgIpc) is 2.86. The number of rotatable bonds is 8. The lowest BCUT2D eigenvalue weighted by Gasteiger charge is -2.15. The maximum atomic E-state index is 12.0. The van der Waals surface area contributed by atoms with Gasteiger partial charge in [0.25, 0.3) is 0 Å². The molecule has 9 heteroatoms. The average molecular weight is 300 g/mol. The minimum atomic E-state index is -0.752. The van der Waals surface area contributed by atoms with Gasteiger partial charge in [-0.3, -0.25) is 0 Å². The number of carbonyl (C=O) groups is 2.